The summed E-state index contributed by atoms with van der Waals surface area (Å²) in [6.45, 7) is 94.2. The number of hydrogen-bond acceptors (Lipinski definition) is 13. The van der Waals surface area contributed by atoms with Gasteiger partial charge in [-0.25, -0.2) is 24.3 Å². The lowest BCUT2D eigenvalue weighted by Crippen LogP contribution is -2.49. The highest BCUT2D eigenvalue weighted by Gasteiger charge is 2.40. The lowest BCUT2D eigenvalue weighted by Gasteiger charge is -2.36. The minimum atomic E-state index is -0.187. The number of aryl methyl sites for hydroxylation is 1. The van der Waals surface area contributed by atoms with Crippen molar-refractivity contribution in [3.63, 3.8) is 0 Å². The molecule has 0 aliphatic carbocycles. The molecule has 0 N–H and O–H groups in total. The predicted molar refractivity (Wildman–Crippen MR) is 541 cm³/mol. The number of aromatic nitrogens is 6. The molecule has 7 aliphatic heterocycles. The minimum Gasteiger partial charge on any atom is -0.448 e. The minimum absolute atomic E-state index is 0.0259. The number of carbonyl (C=O) groups excluding carboxylic acids is 7. The van der Waals surface area contributed by atoms with Crippen LogP contribution in [0.3, 0.4) is 0 Å². The van der Waals surface area contributed by atoms with Crippen LogP contribution in [0.2, 0.25) is 0 Å². The van der Waals surface area contributed by atoms with Gasteiger partial charge in [-0.3, -0.25) is 71.5 Å². The van der Waals surface area contributed by atoms with Gasteiger partial charge in [0.1, 0.15) is 6.61 Å². The molecular weight excluding hydrogens is 1630 g/mol. The molecule has 744 valence electrons. The van der Waals surface area contributed by atoms with E-state index < -0.39 is 0 Å². The SMILES string of the molecule is CC.CC.CC.CC.CC.CC.CC(C)(C)N1CCCC1=O.CC(C)(C)N1CCOC1=O.CC(C)(C)N1Cc2ccccc2C1=O.CC(C)(C)N1N=CCC1=O.CN1CCC(=O)N1C(C)(C)C.CN1CCC(C(C)(C)C)C1=O.CN1CCN(C(C)(C)C)C1=O.Cc1c(C(C)(C)C)c(=O)n(C)n1C.Cn1c(=O)c(C(C)(C)C)c2ccccn21.Cn1c(C(C)(C)C)cc(=O)n1C. The smallest absolute Gasteiger partial charge is 0.410 e. The molecular formula is C102H190N16O11. The van der Waals surface area contributed by atoms with Gasteiger partial charge < -0.3 is 29.2 Å². The number of ether oxygens (including phenoxy) is 1. The van der Waals surface area contributed by atoms with Crippen molar-refractivity contribution in [2.24, 2.45) is 51.7 Å². The van der Waals surface area contributed by atoms with E-state index in [2.05, 4.69) is 150 Å². The molecule has 129 heavy (non-hydrogen) atoms. The van der Waals surface area contributed by atoms with E-state index in [1.165, 1.54) is 5.01 Å². The first kappa shape index (κ1) is 127. The number of urea groups is 1. The number of benzene rings is 1. The van der Waals surface area contributed by atoms with Crippen LogP contribution in [-0.2, 0) is 81.9 Å². The molecule has 0 spiro atoms. The molecule has 7 aliphatic rings. The van der Waals surface area contributed by atoms with Crippen LogP contribution >= 0.6 is 0 Å². The number of cyclic esters (lactones) is 1. The lowest BCUT2D eigenvalue weighted by molar-refractivity contribution is -0.145. The molecule has 1 atom stereocenters. The second-order valence-electron chi connectivity index (χ2n) is 41.5. The Labute approximate surface area is 783 Å². The number of hydrazone groups is 1. The highest BCUT2D eigenvalue weighted by atomic mass is 16.6. The molecule has 11 heterocycles. The van der Waals surface area contributed by atoms with Crippen molar-refractivity contribution in [1.29, 1.82) is 0 Å². The molecule has 0 bridgehead atoms. The van der Waals surface area contributed by atoms with Crippen LogP contribution in [-0.4, -0.2) is 220 Å². The van der Waals surface area contributed by atoms with Gasteiger partial charge in [-0.1, -0.05) is 190 Å². The van der Waals surface area contributed by atoms with Crippen LogP contribution in [0, 0.1) is 18.3 Å². The van der Waals surface area contributed by atoms with Crippen LogP contribution in [0.15, 0.2) is 74.2 Å². The summed E-state index contributed by atoms with van der Waals surface area (Å²) < 4.78 is 15.4. The molecule has 1 aromatic carbocycles. The normalized spacial score (nSPS) is 16.1. The summed E-state index contributed by atoms with van der Waals surface area (Å²) in [5, 5.41) is 9.28. The van der Waals surface area contributed by atoms with Crippen molar-refractivity contribution in [3.8, 4) is 0 Å². The monoisotopic (exact) mass is 1820 g/mol. The van der Waals surface area contributed by atoms with Gasteiger partial charge in [-0.15, -0.1) is 0 Å². The topological polar surface area (TPSA) is 251 Å². The van der Waals surface area contributed by atoms with Gasteiger partial charge in [0.05, 0.1) is 29.6 Å². The second kappa shape index (κ2) is 54.3. The van der Waals surface area contributed by atoms with Crippen LogP contribution in [0.25, 0.3) is 5.52 Å². The number of nitrogens with zero attached hydrogens (tertiary/aromatic N) is 16. The van der Waals surface area contributed by atoms with E-state index in [9.17, 15) is 47.9 Å². The summed E-state index contributed by atoms with van der Waals surface area (Å²) in [6.07, 6.45) is 7.30. The van der Waals surface area contributed by atoms with E-state index in [4.69, 9.17) is 4.74 Å². The Morgan fingerprint density at radius 2 is 0.884 bits per heavy atom. The zero-order chi connectivity index (χ0) is 103. The van der Waals surface area contributed by atoms with Crippen LogP contribution < -0.4 is 16.7 Å². The van der Waals surface area contributed by atoms with E-state index in [-0.39, 0.29) is 107 Å². The predicted octanol–water partition coefficient (Wildman–Crippen LogP) is 20.1. The fraction of sp³-hybridized carbons (Fsp3) is 0.735. The summed E-state index contributed by atoms with van der Waals surface area (Å²) >= 11 is 0. The third-order valence-corrected chi connectivity index (χ3v) is 21.2. The van der Waals surface area contributed by atoms with Crippen molar-refractivity contribution in [2.45, 2.75) is 386 Å². The number of hydrazine groups is 1. The van der Waals surface area contributed by atoms with Crippen molar-refractivity contribution in [3.05, 3.63) is 119 Å². The number of carbonyl (C=O) groups is 7. The van der Waals surface area contributed by atoms with E-state index >= 15 is 0 Å². The van der Waals surface area contributed by atoms with Gasteiger partial charge in [0.15, 0.2) is 0 Å². The number of rotatable bonds is 0. The van der Waals surface area contributed by atoms with Crippen LogP contribution in [0.4, 0.5) is 9.59 Å². The summed E-state index contributed by atoms with van der Waals surface area (Å²) in [7, 11) is 14.9. The number of likely N-dealkylation sites (tertiary alicyclic amines) is 2. The average molecular weight is 1820 g/mol. The number of amides is 8. The summed E-state index contributed by atoms with van der Waals surface area (Å²) in [5.74, 6) is 1.36. The Morgan fingerprint density at radius 1 is 0.411 bits per heavy atom. The summed E-state index contributed by atoms with van der Waals surface area (Å²) in [4.78, 5) is 125. The zero-order valence-electron chi connectivity index (χ0n) is 91.7. The Bertz CT molecular complexity index is 4360. The van der Waals surface area contributed by atoms with Gasteiger partial charge in [0, 0.05) is 189 Å². The van der Waals surface area contributed by atoms with E-state index in [1.807, 2.05) is 280 Å². The first-order valence-corrected chi connectivity index (χ1v) is 47.3. The van der Waals surface area contributed by atoms with Gasteiger partial charge in [0.25, 0.3) is 22.6 Å². The Balaban J connectivity index is -0.000000665. The molecule has 1 unspecified atom stereocenters. The number of hydrogen-bond donors (Lipinski definition) is 0. The van der Waals surface area contributed by atoms with E-state index in [0.717, 1.165) is 104 Å². The molecule has 0 saturated carbocycles. The highest BCUT2D eigenvalue weighted by molar-refractivity contribution is 5.98. The zero-order valence-corrected chi connectivity index (χ0v) is 91.7. The molecule has 8 amide bonds. The summed E-state index contributed by atoms with van der Waals surface area (Å²) in [5.41, 5.74) is 6.78. The third kappa shape index (κ3) is 38.5. The van der Waals surface area contributed by atoms with Crippen molar-refractivity contribution < 1.29 is 38.3 Å². The average Bonchev–Trinajstić information content (AvgIpc) is 1.60. The molecule has 0 radical (unpaired) electrons. The molecule has 5 fully saturated rings. The molecule has 5 saturated heterocycles. The molecule has 27 heteroatoms. The number of likely N-dealkylation sites (N-methyl/N-ethyl adjacent to an activating group) is 1. The highest BCUT2D eigenvalue weighted by Crippen LogP contribution is 2.35. The second-order valence-corrected chi connectivity index (χ2v) is 41.5. The quantitative estimate of drug-likeness (QED) is 0.140. The third-order valence-electron chi connectivity index (χ3n) is 21.2. The first-order valence-electron chi connectivity index (χ1n) is 47.3. The summed E-state index contributed by atoms with van der Waals surface area (Å²) in [6, 6.07) is 15.6. The van der Waals surface area contributed by atoms with Crippen molar-refractivity contribution in [2.75, 3.05) is 67.0 Å². The van der Waals surface area contributed by atoms with Gasteiger partial charge in [0.2, 0.25) is 23.6 Å². The maximum absolute atomic E-state index is 12.1. The maximum Gasteiger partial charge on any atom is 0.410 e. The van der Waals surface area contributed by atoms with Crippen LogP contribution in [0.5, 0.6) is 0 Å². The first-order chi connectivity index (χ1) is 58.9. The largest absolute Gasteiger partial charge is 0.448 e. The Kier molecular flexibility index (Phi) is 53.3. The van der Waals surface area contributed by atoms with Crippen molar-refractivity contribution >= 4 is 53.4 Å². The number of pyridine rings is 1. The van der Waals surface area contributed by atoms with E-state index in [0.29, 0.717) is 31.3 Å². The van der Waals surface area contributed by atoms with E-state index in [1.54, 1.807) is 57.3 Å². The fourth-order valence-corrected chi connectivity index (χ4v) is 14.5. The molecule has 5 aromatic rings. The Morgan fingerprint density at radius 3 is 1.14 bits per heavy atom. The van der Waals surface area contributed by atoms with Gasteiger partial charge >= 0.3 is 12.1 Å². The van der Waals surface area contributed by atoms with Gasteiger partial charge in [-0.05, 0) is 184 Å². The molecule has 4 aromatic heterocycles. The van der Waals surface area contributed by atoms with Crippen LogP contribution in [0.1, 0.15) is 361 Å². The van der Waals surface area contributed by atoms with Crippen molar-refractivity contribution in [1.82, 2.24) is 72.4 Å². The van der Waals surface area contributed by atoms with Gasteiger partial charge in [-0.2, -0.15) is 5.10 Å². The molecule has 12 rings (SSSR count). The molecule has 27 nitrogen and oxygen atoms in total. The maximum atomic E-state index is 12.1. The number of fused-ring (bicyclic) bond motifs is 2. The Hall–Kier alpha value is -8.75. The standard InChI is InChI=1S/C12H16N2O.C12H15NO.C10H18N2O.C9H16N2O.C9H17NO.2C8H16N2O.C8H15NO.C7H12N2O.C7H13NO2.6C2H6/c1-12(2,3)10-9-7-5-6-8-14(9)13(4)11(10)15;1-12(2,3)13-8-9-6-4-5-7-10(9)11(13)14;1-7-8(10(2,3)4)9(13)12(6)11(7)5;1-9(2,3)7-6-8(12)11(5)10(7)4;1-9(2,3)7-5-6-10(4)8(7)11;1-8(2,3)10-6-5-9(4)7(10)11;1-8(2,3)10-7(11)5-6-9(10)4;1-8(2,3)9-6-4-5-7(9)10;1-7(2,3)9-6(10)4-5-8-9;1-7(2,3)8-4-5-10-6(8)9;6*1-2/h5-8H,1-4H3;4-7H,8H2,1-3H3;1-6H3;6H,1-5H3;7H,5-6H2,1-4H3;2*5-6H2,1-4H3;4-6H2,1-3H3;5H,4H2,1-3H3;4-5H2,1-3H3;6*1-2H3. The lowest BCUT2D eigenvalue weighted by atomic mass is 9.80. The fourth-order valence-electron chi connectivity index (χ4n) is 14.5.